The molecule has 1 nitrogen and oxygen atoms in total. The van der Waals surface area contributed by atoms with Gasteiger partial charge in [-0.3, -0.25) is 0 Å². The van der Waals surface area contributed by atoms with Gasteiger partial charge in [0.1, 0.15) is 0 Å². The zero-order valence-corrected chi connectivity index (χ0v) is 31.9. The summed E-state index contributed by atoms with van der Waals surface area (Å²) in [5.74, 6) is 0.432. The molecule has 0 saturated heterocycles. The van der Waals surface area contributed by atoms with Crippen molar-refractivity contribution < 1.29 is 0 Å². The van der Waals surface area contributed by atoms with Crippen LogP contribution in [-0.4, -0.2) is 0 Å². The van der Waals surface area contributed by atoms with Gasteiger partial charge in [0, 0.05) is 22.7 Å². The van der Waals surface area contributed by atoms with Gasteiger partial charge in [-0.25, -0.2) is 0 Å². The largest absolute Gasteiger partial charge is 0.310 e. The third kappa shape index (κ3) is 6.83. The molecule has 0 bridgehead atoms. The van der Waals surface area contributed by atoms with Crippen LogP contribution in [0.4, 0.5) is 17.1 Å². The Balaban J connectivity index is 1.02. The smallest absolute Gasteiger partial charge is 0.0546 e. The van der Waals surface area contributed by atoms with Crippen LogP contribution in [-0.2, 0) is 0 Å². The van der Waals surface area contributed by atoms with Crippen LogP contribution in [0.25, 0.3) is 54.9 Å². The molecule has 2 aliphatic carbocycles. The minimum absolute atomic E-state index is 0.432. The molecule has 0 radical (unpaired) electrons. The van der Waals surface area contributed by atoms with E-state index in [0.29, 0.717) is 5.92 Å². The van der Waals surface area contributed by atoms with Crippen LogP contribution in [0.3, 0.4) is 0 Å². The summed E-state index contributed by atoms with van der Waals surface area (Å²) in [4.78, 5) is 2.41. The number of rotatable bonds is 8. The quantitative estimate of drug-likeness (QED) is 0.141. The topological polar surface area (TPSA) is 3.24 Å². The van der Waals surface area contributed by atoms with Gasteiger partial charge >= 0.3 is 0 Å². The van der Waals surface area contributed by atoms with Crippen LogP contribution in [0.5, 0.6) is 0 Å². The number of hydrogen-bond acceptors (Lipinski definition) is 1. The summed E-state index contributed by atoms with van der Waals surface area (Å²) < 4.78 is 0. The van der Waals surface area contributed by atoms with Crippen molar-refractivity contribution >= 4 is 49.8 Å². The van der Waals surface area contributed by atoms with Crippen LogP contribution in [0.2, 0.25) is 0 Å². The zero-order valence-electron chi connectivity index (χ0n) is 31.9. The molecule has 1 heteroatoms. The Labute approximate surface area is 335 Å². The highest BCUT2D eigenvalue weighted by Crippen LogP contribution is 2.44. The van der Waals surface area contributed by atoms with Crippen LogP contribution in [0.15, 0.2) is 224 Å². The molecule has 0 spiro atoms. The van der Waals surface area contributed by atoms with Crippen LogP contribution in [0.1, 0.15) is 30.4 Å². The number of benzene rings is 8. The highest BCUT2D eigenvalue weighted by atomic mass is 15.1. The van der Waals surface area contributed by atoms with Gasteiger partial charge in [0.15, 0.2) is 0 Å². The van der Waals surface area contributed by atoms with Gasteiger partial charge in [0.2, 0.25) is 0 Å². The number of fused-ring (bicyclic) bond motifs is 3. The van der Waals surface area contributed by atoms with Crippen LogP contribution < -0.4 is 4.90 Å². The lowest BCUT2D eigenvalue weighted by molar-refractivity contribution is 0.715. The molecule has 0 fully saturated rings. The van der Waals surface area contributed by atoms with E-state index in [1.165, 1.54) is 71.6 Å². The van der Waals surface area contributed by atoms with Crippen LogP contribution in [0, 0.1) is 5.92 Å². The van der Waals surface area contributed by atoms with Crippen LogP contribution >= 0.6 is 0 Å². The van der Waals surface area contributed by atoms with Crippen molar-refractivity contribution in [2.75, 3.05) is 4.90 Å². The fourth-order valence-corrected chi connectivity index (χ4v) is 8.77. The molecule has 272 valence electrons. The Morgan fingerprint density at radius 1 is 0.439 bits per heavy atom. The van der Waals surface area contributed by atoms with Gasteiger partial charge < -0.3 is 4.90 Å². The average molecular weight is 730 g/mol. The molecule has 2 aliphatic rings. The number of hydrogen-bond donors (Lipinski definition) is 0. The van der Waals surface area contributed by atoms with E-state index < -0.39 is 0 Å². The first-order chi connectivity index (χ1) is 28.3. The van der Waals surface area contributed by atoms with Crippen molar-refractivity contribution in [1.82, 2.24) is 0 Å². The van der Waals surface area contributed by atoms with Crippen molar-refractivity contribution in [1.29, 1.82) is 0 Å². The molecule has 0 amide bonds. The Morgan fingerprint density at radius 2 is 0.947 bits per heavy atom. The maximum absolute atomic E-state index is 2.52. The summed E-state index contributed by atoms with van der Waals surface area (Å²) in [5, 5.41) is 4.97. The van der Waals surface area contributed by atoms with Crippen molar-refractivity contribution in [2.45, 2.75) is 19.3 Å². The first kappa shape index (κ1) is 34.5. The fraction of sp³-hybridized carbons (Fsp3) is 0.0714. The second-order valence-corrected chi connectivity index (χ2v) is 15.1. The van der Waals surface area contributed by atoms with E-state index in [1.54, 1.807) is 0 Å². The first-order valence-electron chi connectivity index (χ1n) is 20.2. The van der Waals surface area contributed by atoms with Gasteiger partial charge in [0.05, 0.1) is 5.69 Å². The summed E-state index contributed by atoms with van der Waals surface area (Å²) in [6, 6.07) is 68.6. The van der Waals surface area contributed by atoms with Gasteiger partial charge in [-0.05, 0) is 110 Å². The van der Waals surface area contributed by atoms with Gasteiger partial charge in [-0.2, -0.15) is 0 Å². The molecule has 10 rings (SSSR count). The zero-order chi connectivity index (χ0) is 38.0. The lowest BCUT2D eigenvalue weighted by Crippen LogP contribution is -2.10. The molecule has 8 aromatic rings. The number of anilines is 3. The van der Waals surface area contributed by atoms with Crippen molar-refractivity contribution in [3.05, 3.63) is 235 Å². The van der Waals surface area contributed by atoms with Crippen molar-refractivity contribution in [3.63, 3.8) is 0 Å². The lowest BCUT2D eigenvalue weighted by Gasteiger charge is -2.28. The molecule has 0 aliphatic heterocycles. The molecular formula is C56H43N. The van der Waals surface area contributed by atoms with Crippen molar-refractivity contribution in [3.8, 4) is 22.3 Å². The van der Waals surface area contributed by atoms with E-state index in [0.717, 1.165) is 36.3 Å². The number of allylic oxidation sites excluding steroid dienone is 8. The Kier molecular flexibility index (Phi) is 9.26. The second-order valence-electron chi connectivity index (χ2n) is 15.1. The van der Waals surface area contributed by atoms with E-state index in [-0.39, 0.29) is 0 Å². The monoisotopic (exact) mass is 729 g/mol. The van der Waals surface area contributed by atoms with E-state index in [2.05, 4.69) is 223 Å². The highest BCUT2D eigenvalue weighted by Gasteiger charge is 2.22. The maximum Gasteiger partial charge on any atom is 0.0546 e. The fourth-order valence-electron chi connectivity index (χ4n) is 8.77. The molecule has 0 aromatic heterocycles. The third-order valence-electron chi connectivity index (χ3n) is 11.7. The summed E-state index contributed by atoms with van der Waals surface area (Å²) in [6.07, 6.45) is 15.1. The van der Waals surface area contributed by atoms with E-state index in [4.69, 9.17) is 0 Å². The molecule has 0 heterocycles. The summed E-state index contributed by atoms with van der Waals surface area (Å²) >= 11 is 0. The summed E-state index contributed by atoms with van der Waals surface area (Å²) in [5.41, 5.74) is 14.9. The SMILES string of the molecule is C1=CCCC(C2C=C(c3ccc(-c4ccc(N(c5ccc(-c6ccccc6)cc5)c5cc6ccccc6c6ccccc56)cc4)cc3)C(c3ccccc3)=CC2)=C1. The van der Waals surface area contributed by atoms with E-state index in [1.807, 2.05) is 0 Å². The molecule has 1 atom stereocenters. The molecule has 8 aromatic carbocycles. The second kappa shape index (κ2) is 15.3. The average Bonchev–Trinajstić information content (AvgIpc) is 3.30. The minimum Gasteiger partial charge on any atom is -0.310 e. The molecule has 0 N–H and O–H groups in total. The molecule has 0 saturated carbocycles. The standard InChI is InChI=1S/C56H43N/c1-4-14-40(15-5-1)43-28-33-49(34-29-43)57(56-39-48-20-10-11-21-51(48)53-22-12-13-23-54(53)56)50-35-30-44(31-36-50)42-24-26-46(27-25-42)55-38-47(41-16-6-2-7-17-41)32-37-52(55)45-18-8-3-9-19-45/h1-6,8-16,18-31,33-39,47H,7,17,32H2. The Bertz CT molecular complexity index is 2820. The Hall–Kier alpha value is -6.96. The van der Waals surface area contributed by atoms with Gasteiger partial charge in [-0.1, -0.05) is 194 Å². The minimum atomic E-state index is 0.432. The Morgan fingerprint density at radius 3 is 1.58 bits per heavy atom. The predicted octanol–water partition coefficient (Wildman–Crippen LogP) is 15.6. The molecule has 57 heavy (non-hydrogen) atoms. The van der Waals surface area contributed by atoms with Gasteiger partial charge in [-0.15, -0.1) is 0 Å². The van der Waals surface area contributed by atoms with Crippen molar-refractivity contribution in [2.24, 2.45) is 5.92 Å². The first-order valence-corrected chi connectivity index (χ1v) is 20.2. The van der Waals surface area contributed by atoms with E-state index in [9.17, 15) is 0 Å². The molecule has 1 unspecified atom stereocenters. The number of nitrogens with zero attached hydrogens (tertiary/aromatic N) is 1. The van der Waals surface area contributed by atoms with Gasteiger partial charge in [0.25, 0.3) is 0 Å². The highest BCUT2D eigenvalue weighted by molar-refractivity contribution is 6.14. The van der Waals surface area contributed by atoms with E-state index >= 15 is 0 Å². The predicted molar refractivity (Wildman–Crippen MR) is 244 cm³/mol. The summed E-state index contributed by atoms with van der Waals surface area (Å²) in [6.45, 7) is 0. The summed E-state index contributed by atoms with van der Waals surface area (Å²) in [7, 11) is 0. The lowest BCUT2D eigenvalue weighted by atomic mass is 9.79. The molecular weight excluding hydrogens is 687 g/mol. The maximum atomic E-state index is 2.52. The normalized spacial score (nSPS) is 15.2. The third-order valence-corrected chi connectivity index (χ3v) is 11.7.